The number of anilines is 3. The molecule has 10 aromatic carbocycles. The van der Waals surface area contributed by atoms with Crippen molar-refractivity contribution in [2.75, 3.05) is 4.90 Å². The minimum atomic E-state index is 0.924. The van der Waals surface area contributed by atoms with Crippen molar-refractivity contribution in [1.82, 2.24) is 9.55 Å². The molecule has 0 saturated carbocycles. The fourth-order valence-corrected chi connectivity index (χ4v) is 8.81. The van der Waals surface area contributed by atoms with Crippen molar-refractivity contribution in [3.8, 4) is 72.7 Å². The van der Waals surface area contributed by atoms with Gasteiger partial charge in [-0.2, -0.15) is 0 Å². The number of hydrogen-bond acceptors (Lipinski definition) is 2. The van der Waals surface area contributed by atoms with E-state index in [2.05, 4.69) is 264 Å². The lowest BCUT2D eigenvalue weighted by Crippen LogP contribution is -2.09. The summed E-state index contributed by atoms with van der Waals surface area (Å²) in [5.74, 6) is 0.924. The normalized spacial score (nSPS) is 11.1. The summed E-state index contributed by atoms with van der Waals surface area (Å²) in [6.45, 7) is 0. The fourth-order valence-electron chi connectivity index (χ4n) is 8.81. The van der Waals surface area contributed by atoms with Gasteiger partial charge < -0.3 is 4.90 Å². The van der Waals surface area contributed by atoms with Crippen molar-refractivity contribution in [1.29, 1.82) is 0 Å². The number of para-hydroxylation sites is 2. The molecule has 3 heteroatoms. The Labute approximate surface area is 374 Å². The second-order valence-electron chi connectivity index (χ2n) is 16.0. The molecule has 302 valence electrons. The van der Waals surface area contributed by atoms with E-state index in [1.54, 1.807) is 0 Å². The van der Waals surface area contributed by atoms with Crippen LogP contribution in [0.1, 0.15) is 0 Å². The van der Waals surface area contributed by atoms with E-state index in [9.17, 15) is 0 Å². The minimum Gasteiger partial charge on any atom is -0.311 e. The Morgan fingerprint density at radius 3 is 1.12 bits per heavy atom. The third-order valence-electron chi connectivity index (χ3n) is 12.0. The number of benzene rings is 10. The molecule has 11 aromatic rings. The number of rotatable bonds is 10. The first kappa shape index (κ1) is 38.4. The lowest BCUT2D eigenvalue weighted by atomic mass is 9.97. The molecule has 0 spiro atoms. The fraction of sp³-hybridized carbons (Fsp3) is 0. The lowest BCUT2D eigenvalue weighted by molar-refractivity contribution is 1.10. The van der Waals surface area contributed by atoms with Crippen LogP contribution in [0.15, 0.2) is 261 Å². The second kappa shape index (κ2) is 17.1. The Morgan fingerprint density at radius 2 is 0.641 bits per heavy atom. The first-order chi connectivity index (χ1) is 31.7. The highest BCUT2D eigenvalue weighted by Crippen LogP contribution is 2.40. The maximum absolute atomic E-state index is 5.21. The van der Waals surface area contributed by atoms with Crippen molar-refractivity contribution < 1.29 is 0 Å². The molecule has 1 aromatic heterocycles. The highest BCUT2D eigenvalue weighted by Gasteiger charge is 2.19. The Kier molecular flexibility index (Phi) is 10.3. The molecular formula is C61H43N3. The summed E-state index contributed by atoms with van der Waals surface area (Å²) in [7, 11) is 0. The molecule has 11 rings (SSSR count). The van der Waals surface area contributed by atoms with Crippen molar-refractivity contribution in [3.63, 3.8) is 0 Å². The maximum Gasteiger partial charge on any atom is 0.145 e. The Balaban J connectivity index is 0.943. The SMILES string of the molecule is c1ccc(-c2ccc(-c3ccc(N(c4ccc(-c5ccccc5)cc4)c4ccc(-c5cccc(-c6cccc7nc(-c8ccccc8)n(-c8ccccc8)c67)c5)cc4)cc3)cc2)cc1. The summed E-state index contributed by atoms with van der Waals surface area (Å²) in [6.07, 6.45) is 0. The van der Waals surface area contributed by atoms with Crippen LogP contribution in [-0.4, -0.2) is 9.55 Å². The molecule has 0 amide bonds. The first-order valence-electron chi connectivity index (χ1n) is 21.8. The van der Waals surface area contributed by atoms with Gasteiger partial charge in [0.15, 0.2) is 0 Å². The van der Waals surface area contributed by atoms with Crippen LogP contribution in [0, 0.1) is 0 Å². The number of fused-ring (bicyclic) bond motifs is 1. The van der Waals surface area contributed by atoms with Crippen molar-refractivity contribution >= 4 is 28.1 Å². The summed E-state index contributed by atoms with van der Waals surface area (Å²) >= 11 is 0. The standard InChI is InChI=1S/C61H43N3/c1-5-15-44(16-6-1)46-27-29-47(30-28-46)49-33-39-56(40-34-49)63(55-37-31-48(32-38-55)45-17-7-2-8-18-45)57-41-35-50(36-42-57)52-21-13-22-53(43-52)58-25-14-26-59-60(58)64(54-23-11-4-12-24-54)61(62-59)51-19-9-3-10-20-51/h1-43H. The van der Waals surface area contributed by atoms with Gasteiger partial charge in [0.1, 0.15) is 5.82 Å². The van der Waals surface area contributed by atoms with E-state index in [0.717, 1.165) is 67.4 Å². The smallest absolute Gasteiger partial charge is 0.145 e. The molecule has 1 heterocycles. The molecule has 0 unspecified atom stereocenters. The van der Waals surface area contributed by atoms with Gasteiger partial charge in [-0.3, -0.25) is 4.57 Å². The van der Waals surface area contributed by atoms with E-state index in [1.165, 1.54) is 33.4 Å². The lowest BCUT2D eigenvalue weighted by Gasteiger charge is -2.26. The molecule has 3 nitrogen and oxygen atoms in total. The van der Waals surface area contributed by atoms with Gasteiger partial charge in [0.05, 0.1) is 11.0 Å². The van der Waals surface area contributed by atoms with Crippen LogP contribution in [0.2, 0.25) is 0 Å². The molecule has 0 aliphatic carbocycles. The van der Waals surface area contributed by atoms with Crippen molar-refractivity contribution in [2.24, 2.45) is 0 Å². The molecule has 0 atom stereocenters. The van der Waals surface area contributed by atoms with Gasteiger partial charge >= 0.3 is 0 Å². The Bertz CT molecular complexity index is 3300. The molecule has 0 bridgehead atoms. The van der Waals surface area contributed by atoms with Gasteiger partial charge in [0.2, 0.25) is 0 Å². The van der Waals surface area contributed by atoms with E-state index in [1.807, 2.05) is 6.07 Å². The zero-order valence-electron chi connectivity index (χ0n) is 35.2. The van der Waals surface area contributed by atoms with Crippen molar-refractivity contribution in [2.45, 2.75) is 0 Å². The van der Waals surface area contributed by atoms with E-state index < -0.39 is 0 Å². The van der Waals surface area contributed by atoms with Crippen LogP contribution in [0.25, 0.3) is 83.7 Å². The summed E-state index contributed by atoms with van der Waals surface area (Å²) in [5.41, 5.74) is 19.2. The predicted octanol–water partition coefficient (Wildman–Crippen LogP) is 16.5. The molecule has 0 N–H and O–H groups in total. The van der Waals surface area contributed by atoms with Crippen molar-refractivity contribution in [3.05, 3.63) is 261 Å². The zero-order chi connectivity index (χ0) is 42.7. The third kappa shape index (κ3) is 7.57. The average Bonchev–Trinajstić information content (AvgIpc) is 3.79. The van der Waals surface area contributed by atoms with E-state index >= 15 is 0 Å². The molecule has 0 radical (unpaired) electrons. The van der Waals surface area contributed by atoms with Gasteiger partial charge in [-0.25, -0.2) is 4.98 Å². The van der Waals surface area contributed by atoms with Gasteiger partial charge in [0.25, 0.3) is 0 Å². The van der Waals surface area contributed by atoms with Crippen LogP contribution >= 0.6 is 0 Å². The average molecular weight is 818 g/mol. The van der Waals surface area contributed by atoms with Crippen LogP contribution in [0.5, 0.6) is 0 Å². The summed E-state index contributed by atoms with van der Waals surface area (Å²) in [4.78, 5) is 7.55. The summed E-state index contributed by atoms with van der Waals surface area (Å²) < 4.78 is 2.30. The van der Waals surface area contributed by atoms with Gasteiger partial charge in [-0.1, -0.05) is 200 Å². The highest BCUT2D eigenvalue weighted by atomic mass is 15.1. The molecule has 0 saturated heterocycles. The monoisotopic (exact) mass is 817 g/mol. The van der Waals surface area contributed by atoms with Crippen LogP contribution in [0.3, 0.4) is 0 Å². The largest absolute Gasteiger partial charge is 0.311 e. The number of imidazole rings is 1. The van der Waals surface area contributed by atoms with Crippen LogP contribution < -0.4 is 4.90 Å². The molecular weight excluding hydrogens is 775 g/mol. The van der Waals surface area contributed by atoms with Crippen LogP contribution in [-0.2, 0) is 0 Å². The Morgan fingerprint density at radius 1 is 0.281 bits per heavy atom. The van der Waals surface area contributed by atoms with E-state index in [4.69, 9.17) is 4.98 Å². The van der Waals surface area contributed by atoms with Gasteiger partial charge in [0, 0.05) is 33.9 Å². The molecule has 0 aliphatic rings. The van der Waals surface area contributed by atoms with E-state index in [-0.39, 0.29) is 0 Å². The molecule has 64 heavy (non-hydrogen) atoms. The number of hydrogen-bond donors (Lipinski definition) is 0. The van der Waals surface area contributed by atoms with Gasteiger partial charge in [-0.15, -0.1) is 0 Å². The molecule has 0 aliphatic heterocycles. The first-order valence-corrected chi connectivity index (χ1v) is 21.8. The number of nitrogens with zero attached hydrogens (tertiary/aromatic N) is 3. The maximum atomic E-state index is 5.21. The second-order valence-corrected chi connectivity index (χ2v) is 16.0. The minimum absolute atomic E-state index is 0.924. The van der Waals surface area contributed by atoms with Crippen LogP contribution in [0.4, 0.5) is 17.1 Å². The molecule has 0 fully saturated rings. The third-order valence-corrected chi connectivity index (χ3v) is 12.0. The predicted molar refractivity (Wildman–Crippen MR) is 268 cm³/mol. The quantitative estimate of drug-likeness (QED) is 0.137. The highest BCUT2D eigenvalue weighted by molar-refractivity contribution is 5.97. The summed E-state index contributed by atoms with van der Waals surface area (Å²) in [6, 6.07) is 93.0. The summed E-state index contributed by atoms with van der Waals surface area (Å²) in [5, 5.41) is 0. The topological polar surface area (TPSA) is 21.1 Å². The van der Waals surface area contributed by atoms with E-state index in [0.29, 0.717) is 0 Å². The zero-order valence-corrected chi connectivity index (χ0v) is 35.2. The van der Waals surface area contributed by atoms with Gasteiger partial charge in [-0.05, 0) is 111 Å². The Hall–Kier alpha value is -8.53. The number of aromatic nitrogens is 2.